The number of hydrogen-bond acceptors (Lipinski definition) is 4. The number of imidazole rings is 1. The monoisotopic (exact) mass is 450 g/mol. The van der Waals surface area contributed by atoms with Crippen LogP contribution in [0.15, 0.2) is 64.9 Å². The number of nitrogens with zero attached hydrogens (tertiary/aromatic N) is 4. The molecular formula is C25H27FN4OS. The van der Waals surface area contributed by atoms with E-state index in [1.165, 1.54) is 23.9 Å². The molecule has 0 unspecified atom stereocenters. The van der Waals surface area contributed by atoms with Crippen LogP contribution in [0.5, 0.6) is 0 Å². The van der Waals surface area contributed by atoms with Gasteiger partial charge in [0.2, 0.25) is 5.91 Å². The van der Waals surface area contributed by atoms with Crippen molar-refractivity contribution in [2.75, 3.05) is 10.7 Å². The lowest BCUT2D eigenvalue weighted by Gasteiger charge is -2.26. The van der Waals surface area contributed by atoms with Gasteiger partial charge in [-0.15, -0.1) is 0 Å². The Labute approximate surface area is 192 Å². The van der Waals surface area contributed by atoms with Gasteiger partial charge >= 0.3 is 0 Å². The number of rotatable bonds is 7. The number of carbonyl (C=O) groups is 1. The molecule has 1 heterocycles. The van der Waals surface area contributed by atoms with E-state index in [-0.39, 0.29) is 23.5 Å². The number of amides is 1. The Morgan fingerprint density at radius 1 is 1.16 bits per heavy atom. The van der Waals surface area contributed by atoms with Crippen molar-refractivity contribution >= 4 is 29.6 Å². The number of aryl methyl sites for hydroxylation is 1. The number of carbonyl (C=O) groups excluding carboxylic acids is 1. The Morgan fingerprint density at radius 3 is 2.59 bits per heavy atom. The topological polar surface area (TPSA) is 50.5 Å². The second-order valence-corrected chi connectivity index (χ2v) is 9.03. The fourth-order valence-electron chi connectivity index (χ4n) is 3.90. The van der Waals surface area contributed by atoms with Crippen molar-refractivity contribution in [1.82, 2.24) is 9.66 Å². The summed E-state index contributed by atoms with van der Waals surface area (Å²) >= 11 is 1.41. The average Bonchev–Trinajstić information content (AvgIpc) is 3.15. The van der Waals surface area contributed by atoms with E-state index >= 15 is 0 Å². The lowest BCUT2D eigenvalue weighted by Crippen LogP contribution is -2.38. The molecule has 0 spiro atoms. The van der Waals surface area contributed by atoms with E-state index < -0.39 is 0 Å². The first-order valence-corrected chi connectivity index (χ1v) is 11.9. The molecule has 7 heteroatoms. The van der Waals surface area contributed by atoms with E-state index in [1.54, 1.807) is 18.3 Å². The summed E-state index contributed by atoms with van der Waals surface area (Å²) < 4.78 is 15.1. The lowest BCUT2D eigenvalue weighted by molar-refractivity contribution is -0.116. The predicted octanol–water partition coefficient (Wildman–Crippen LogP) is 5.32. The zero-order chi connectivity index (χ0) is 22.5. The van der Waals surface area contributed by atoms with Gasteiger partial charge in [0.05, 0.1) is 23.4 Å². The summed E-state index contributed by atoms with van der Waals surface area (Å²) in [5.41, 5.74) is 3.87. The van der Waals surface area contributed by atoms with Crippen LogP contribution < -0.4 is 4.90 Å². The van der Waals surface area contributed by atoms with Crippen LogP contribution >= 0.6 is 11.8 Å². The third kappa shape index (κ3) is 5.10. The number of para-hydroxylation sites is 1. The van der Waals surface area contributed by atoms with Crippen molar-refractivity contribution in [1.29, 1.82) is 0 Å². The van der Waals surface area contributed by atoms with Crippen molar-refractivity contribution in [3.05, 3.63) is 77.4 Å². The highest BCUT2D eigenvalue weighted by atomic mass is 32.2. The highest BCUT2D eigenvalue weighted by Crippen LogP contribution is 2.28. The van der Waals surface area contributed by atoms with E-state index in [2.05, 4.69) is 5.10 Å². The molecule has 0 fully saturated rings. The molecule has 0 radical (unpaired) electrons. The molecular weight excluding hydrogens is 423 g/mol. The number of fused-ring (bicyclic) bond motifs is 1. The largest absolute Gasteiger partial charge is 0.309 e. The molecule has 1 aliphatic rings. The fourth-order valence-corrected chi connectivity index (χ4v) is 4.75. The normalized spacial score (nSPS) is 13.5. The van der Waals surface area contributed by atoms with Crippen LogP contribution in [0.2, 0.25) is 0 Å². The van der Waals surface area contributed by atoms with Crippen LogP contribution in [0.4, 0.5) is 10.1 Å². The van der Waals surface area contributed by atoms with Crippen molar-refractivity contribution in [2.24, 2.45) is 5.10 Å². The molecule has 5 nitrogen and oxygen atoms in total. The highest BCUT2D eigenvalue weighted by molar-refractivity contribution is 7.99. The molecule has 0 aliphatic heterocycles. The van der Waals surface area contributed by atoms with E-state index in [1.807, 2.05) is 53.8 Å². The van der Waals surface area contributed by atoms with E-state index in [0.29, 0.717) is 0 Å². The molecule has 0 saturated heterocycles. The van der Waals surface area contributed by atoms with Crippen molar-refractivity contribution in [3.63, 3.8) is 0 Å². The second-order valence-electron chi connectivity index (χ2n) is 8.08. The molecule has 1 aromatic heterocycles. The van der Waals surface area contributed by atoms with Crippen LogP contribution in [0.1, 0.15) is 43.6 Å². The van der Waals surface area contributed by atoms with E-state index in [9.17, 15) is 9.18 Å². The molecule has 0 atom stereocenters. The first-order valence-electron chi connectivity index (χ1n) is 10.9. The predicted molar refractivity (Wildman–Crippen MR) is 128 cm³/mol. The van der Waals surface area contributed by atoms with Crippen LogP contribution in [-0.2, 0) is 17.6 Å². The van der Waals surface area contributed by atoms with Crippen LogP contribution in [-0.4, -0.2) is 33.6 Å². The van der Waals surface area contributed by atoms with Gasteiger partial charge in [0.1, 0.15) is 5.82 Å². The van der Waals surface area contributed by atoms with Gasteiger partial charge in [0, 0.05) is 11.7 Å². The zero-order valence-corrected chi connectivity index (χ0v) is 19.2. The van der Waals surface area contributed by atoms with Gasteiger partial charge in [-0.3, -0.25) is 4.79 Å². The van der Waals surface area contributed by atoms with Gasteiger partial charge in [0.25, 0.3) is 0 Å². The summed E-state index contributed by atoms with van der Waals surface area (Å²) in [6, 6.07) is 16.0. The minimum absolute atomic E-state index is 0.0336. The molecule has 0 N–H and O–H groups in total. The SMILES string of the molecule is CC(C)N(C(=O)CSc1nc2c(n1N=Cc1ccc(F)cc1)CCCC2)c1ccccc1. The van der Waals surface area contributed by atoms with Gasteiger partial charge < -0.3 is 4.90 Å². The summed E-state index contributed by atoms with van der Waals surface area (Å²) in [6.07, 6.45) is 5.77. The summed E-state index contributed by atoms with van der Waals surface area (Å²) in [6.45, 7) is 4.03. The third-order valence-corrected chi connectivity index (χ3v) is 6.33. The molecule has 0 saturated carbocycles. The summed E-state index contributed by atoms with van der Waals surface area (Å²) in [4.78, 5) is 19.7. The maximum Gasteiger partial charge on any atom is 0.237 e. The standard InChI is InChI=1S/C25H27FN4OS/c1-18(2)29(21-8-4-3-5-9-21)24(31)17-32-25-28-22-10-6-7-11-23(22)30(25)27-16-19-12-14-20(26)15-13-19/h3-5,8-9,12-16,18H,6-7,10-11,17H2,1-2H3. The van der Waals surface area contributed by atoms with Gasteiger partial charge in [-0.1, -0.05) is 42.1 Å². The van der Waals surface area contributed by atoms with Gasteiger partial charge in [-0.05, 0) is 69.4 Å². The average molecular weight is 451 g/mol. The summed E-state index contributed by atoms with van der Waals surface area (Å²) in [5.74, 6) is 0.0333. The quantitative estimate of drug-likeness (QED) is 0.362. The number of anilines is 1. The van der Waals surface area contributed by atoms with Crippen molar-refractivity contribution in [3.8, 4) is 0 Å². The zero-order valence-electron chi connectivity index (χ0n) is 18.4. The Kier molecular flexibility index (Phi) is 7.05. The van der Waals surface area contributed by atoms with Gasteiger partial charge in [0.15, 0.2) is 5.16 Å². The Morgan fingerprint density at radius 2 is 1.88 bits per heavy atom. The van der Waals surface area contributed by atoms with Gasteiger partial charge in [-0.2, -0.15) is 5.10 Å². The smallest absolute Gasteiger partial charge is 0.237 e. The molecule has 2 aromatic carbocycles. The Hall–Kier alpha value is -2.93. The number of hydrogen-bond donors (Lipinski definition) is 0. The summed E-state index contributed by atoms with van der Waals surface area (Å²) in [7, 11) is 0. The van der Waals surface area contributed by atoms with Crippen molar-refractivity contribution < 1.29 is 9.18 Å². The molecule has 0 bridgehead atoms. The number of aromatic nitrogens is 2. The van der Waals surface area contributed by atoms with Crippen LogP contribution in [0, 0.1) is 5.82 Å². The molecule has 32 heavy (non-hydrogen) atoms. The molecule has 166 valence electrons. The van der Waals surface area contributed by atoms with E-state index in [4.69, 9.17) is 4.98 Å². The fraction of sp³-hybridized carbons (Fsp3) is 0.320. The lowest BCUT2D eigenvalue weighted by atomic mass is 10.0. The maximum absolute atomic E-state index is 13.2. The molecule has 4 rings (SSSR count). The van der Waals surface area contributed by atoms with Crippen LogP contribution in [0.25, 0.3) is 0 Å². The van der Waals surface area contributed by atoms with Crippen molar-refractivity contribution in [2.45, 2.75) is 50.7 Å². The van der Waals surface area contributed by atoms with E-state index in [0.717, 1.165) is 53.5 Å². The highest BCUT2D eigenvalue weighted by Gasteiger charge is 2.23. The first-order chi connectivity index (χ1) is 15.5. The first kappa shape index (κ1) is 22.3. The number of halogens is 1. The molecule has 1 aliphatic carbocycles. The minimum atomic E-state index is -0.273. The second kappa shape index (κ2) is 10.1. The molecule has 1 amide bonds. The minimum Gasteiger partial charge on any atom is -0.309 e. The third-order valence-electron chi connectivity index (χ3n) is 5.41. The Balaban J connectivity index is 1.56. The molecule has 3 aromatic rings. The number of thioether (sulfide) groups is 1. The summed E-state index contributed by atoms with van der Waals surface area (Å²) in [5, 5.41) is 5.38. The Bertz CT molecular complexity index is 1090. The van der Waals surface area contributed by atoms with Crippen LogP contribution in [0.3, 0.4) is 0 Å². The number of benzene rings is 2. The van der Waals surface area contributed by atoms with Gasteiger partial charge in [-0.25, -0.2) is 14.1 Å². The maximum atomic E-state index is 13.2.